The largest absolute Gasteiger partial charge is 0.497 e. The first-order valence-corrected chi connectivity index (χ1v) is 12.5. The number of hydrogen-bond acceptors (Lipinski definition) is 6. The van der Waals surface area contributed by atoms with Gasteiger partial charge in [0.15, 0.2) is 0 Å². The number of fused-ring (bicyclic) bond motifs is 1. The van der Waals surface area contributed by atoms with Crippen molar-refractivity contribution in [2.24, 2.45) is 0 Å². The van der Waals surface area contributed by atoms with E-state index in [4.69, 9.17) is 10.1 Å². The van der Waals surface area contributed by atoms with E-state index in [1.165, 1.54) is 12.0 Å². The number of ether oxygens (including phenoxy) is 1. The number of carbonyl (C=O) groups excluding carboxylic acids is 3. The average Bonchev–Trinajstić information content (AvgIpc) is 3.26. The number of nitrogens with one attached hydrogen (secondary N) is 3. The Morgan fingerprint density at radius 2 is 1.87 bits per heavy atom. The Morgan fingerprint density at radius 3 is 2.58 bits per heavy atom. The molecular weight excluding hydrogens is 484 g/mol. The van der Waals surface area contributed by atoms with Crippen LogP contribution in [0.25, 0.3) is 0 Å². The number of imide groups is 1. The monoisotopic (exact) mass is 514 g/mol. The summed E-state index contributed by atoms with van der Waals surface area (Å²) in [5.41, 5.74) is 1.16. The van der Waals surface area contributed by atoms with Gasteiger partial charge in [0.1, 0.15) is 11.6 Å². The van der Waals surface area contributed by atoms with Crippen LogP contribution in [-0.4, -0.2) is 90.8 Å². The number of carbonyl (C=O) groups is 3. The zero-order valence-electron chi connectivity index (χ0n) is 21.5. The Balaban J connectivity index is 1.34. The minimum Gasteiger partial charge on any atom is -0.497 e. The topological polar surface area (TPSA) is 118 Å². The molecule has 0 unspecified atom stereocenters. The first-order chi connectivity index (χ1) is 18.3. The van der Waals surface area contributed by atoms with Crippen molar-refractivity contribution < 1.29 is 19.1 Å². The summed E-state index contributed by atoms with van der Waals surface area (Å²) in [6.07, 6.45) is 1.01. The van der Waals surface area contributed by atoms with E-state index in [0.717, 1.165) is 43.7 Å². The van der Waals surface area contributed by atoms with Crippen LogP contribution >= 0.6 is 0 Å². The van der Waals surface area contributed by atoms with Crippen LogP contribution in [-0.2, 0) is 11.3 Å². The third kappa shape index (κ3) is 4.93. The van der Waals surface area contributed by atoms with Crippen molar-refractivity contribution in [3.63, 3.8) is 0 Å². The number of amides is 4. The summed E-state index contributed by atoms with van der Waals surface area (Å²) in [4.78, 5) is 43.9. The Labute approximate surface area is 221 Å². The Morgan fingerprint density at radius 1 is 1.08 bits per heavy atom. The van der Waals surface area contributed by atoms with E-state index in [0.29, 0.717) is 29.3 Å². The van der Waals surface area contributed by atoms with E-state index >= 15 is 0 Å². The molecule has 0 bridgehead atoms. The Kier molecular flexibility index (Phi) is 6.78. The molecule has 2 saturated heterocycles. The summed E-state index contributed by atoms with van der Waals surface area (Å²) in [5, 5.41) is 13.5. The van der Waals surface area contributed by atoms with Gasteiger partial charge >= 0.3 is 6.03 Å². The molecule has 4 amide bonds. The molecule has 196 valence electrons. The lowest BCUT2D eigenvalue weighted by Crippen LogP contribution is -2.54. The first kappa shape index (κ1) is 25.3. The molecule has 3 aliphatic heterocycles. The number of urea groups is 1. The summed E-state index contributed by atoms with van der Waals surface area (Å²) in [7, 11) is 3.63. The molecule has 0 aliphatic carbocycles. The zero-order chi connectivity index (χ0) is 26.9. The fourth-order valence-corrected chi connectivity index (χ4v) is 4.95. The molecule has 2 fully saturated rings. The molecule has 10 heteroatoms. The number of methoxy groups -OCH3 is 1. The fourth-order valence-electron chi connectivity index (χ4n) is 4.95. The van der Waals surface area contributed by atoms with E-state index in [-0.39, 0.29) is 12.5 Å². The Bertz CT molecular complexity index is 1360. The minimum atomic E-state index is -1.58. The smallest absolute Gasteiger partial charge is 0.323 e. The van der Waals surface area contributed by atoms with Crippen LogP contribution in [0.15, 0.2) is 42.5 Å². The first-order valence-electron chi connectivity index (χ1n) is 12.5. The van der Waals surface area contributed by atoms with Crippen LogP contribution in [0, 0.1) is 17.3 Å². The highest BCUT2D eigenvalue weighted by Crippen LogP contribution is 2.28. The molecule has 0 radical (unpaired) electrons. The maximum absolute atomic E-state index is 13.1. The molecule has 3 N–H and O–H groups in total. The normalized spacial score (nSPS) is 21.3. The zero-order valence-corrected chi connectivity index (χ0v) is 21.5. The number of rotatable bonds is 4. The van der Waals surface area contributed by atoms with Gasteiger partial charge in [0.25, 0.3) is 11.8 Å². The van der Waals surface area contributed by atoms with Gasteiger partial charge in [0.05, 0.1) is 13.7 Å². The van der Waals surface area contributed by atoms with Crippen molar-refractivity contribution in [1.82, 2.24) is 25.3 Å². The molecular formula is C28H30N6O4. The number of benzene rings is 2. The van der Waals surface area contributed by atoms with Crippen LogP contribution in [0.5, 0.6) is 5.75 Å². The van der Waals surface area contributed by atoms with Gasteiger partial charge in [-0.1, -0.05) is 30.0 Å². The van der Waals surface area contributed by atoms with Crippen LogP contribution in [0.3, 0.4) is 0 Å². The molecule has 1 atom stereocenters. The molecule has 0 aromatic heterocycles. The van der Waals surface area contributed by atoms with E-state index < -0.39 is 17.5 Å². The number of hydrogen-bond donors (Lipinski definition) is 3. The van der Waals surface area contributed by atoms with Crippen LogP contribution in [0.4, 0.5) is 4.79 Å². The van der Waals surface area contributed by atoms with Gasteiger partial charge in [0, 0.05) is 42.9 Å². The summed E-state index contributed by atoms with van der Waals surface area (Å²) < 4.78 is 5.23. The molecule has 3 aliphatic rings. The maximum Gasteiger partial charge on any atom is 0.323 e. The lowest BCUT2D eigenvalue weighted by Gasteiger charge is -2.26. The predicted octanol–water partition coefficient (Wildman–Crippen LogP) is 1.24. The fraction of sp³-hybridized carbons (Fsp3) is 0.357. The molecule has 2 aromatic rings. The second-order valence-electron chi connectivity index (χ2n) is 9.82. The molecule has 10 nitrogen and oxygen atoms in total. The SMILES string of the molecule is COc1ccc2c(c1)C(=O)N(C[C@@]1(C#Cc3ccc(C(=N)N4CCCN(C)CC4)cc3)NC(=O)NC1=O)C2. The summed E-state index contributed by atoms with van der Waals surface area (Å²) in [6, 6.07) is 11.9. The van der Waals surface area contributed by atoms with Gasteiger partial charge in [-0.3, -0.25) is 20.3 Å². The molecule has 2 aromatic carbocycles. The third-order valence-corrected chi connectivity index (χ3v) is 7.18. The predicted molar refractivity (Wildman–Crippen MR) is 141 cm³/mol. The average molecular weight is 515 g/mol. The van der Waals surface area contributed by atoms with Gasteiger partial charge in [-0.15, -0.1) is 0 Å². The third-order valence-electron chi connectivity index (χ3n) is 7.18. The van der Waals surface area contributed by atoms with E-state index in [1.807, 2.05) is 18.2 Å². The van der Waals surface area contributed by atoms with Gasteiger partial charge in [-0.2, -0.15) is 0 Å². The minimum absolute atomic E-state index is 0.0977. The van der Waals surface area contributed by atoms with Crippen molar-refractivity contribution in [2.45, 2.75) is 18.5 Å². The second kappa shape index (κ2) is 10.2. The molecule has 3 heterocycles. The van der Waals surface area contributed by atoms with Gasteiger partial charge in [-0.05, 0) is 49.8 Å². The van der Waals surface area contributed by atoms with Crippen LogP contribution in [0.1, 0.15) is 33.5 Å². The van der Waals surface area contributed by atoms with Gasteiger partial charge in [0.2, 0.25) is 5.54 Å². The highest BCUT2D eigenvalue weighted by molar-refractivity contribution is 6.10. The number of likely N-dealkylation sites (N-methyl/N-ethyl adjacent to an activating group) is 1. The summed E-state index contributed by atoms with van der Waals surface area (Å²) >= 11 is 0. The molecule has 5 rings (SSSR count). The van der Waals surface area contributed by atoms with Crippen molar-refractivity contribution in [2.75, 3.05) is 46.9 Å². The van der Waals surface area contributed by atoms with Gasteiger partial charge in [-0.25, -0.2) is 4.79 Å². The number of nitrogens with zero attached hydrogens (tertiary/aromatic N) is 3. The molecule has 38 heavy (non-hydrogen) atoms. The second-order valence-corrected chi connectivity index (χ2v) is 9.82. The Hall–Kier alpha value is -4.36. The maximum atomic E-state index is 13.1. The standard InChI is InChI=1S/C28H30N6O4/c1-32-12-3-13-33(15-14-32)24(29)20-6-4-19(5-7-20)10-11-28(26(36)30-27(37)31-28)18-34-17-21-8-9-22(38-2)16-23(21)25(34)35/h4-9,16,29H,3,12-15,17-18H2,1-2H3,(H2,30,31,36,37)/t28-/m1/s1. The highest BCUT2D eigenvalue weighted by Gasteiger charge is 2.48. The lowest BCUT2D eigenvalue weighted by molar-refractivity contribution is -0.122. The molecule has 0 saturated carbocycles. The van der Waals surface area contributed by atoms with Crippen LogP contribution in [0.2, 0.25) is 0 Å². The van der Waals surface area contributed by atoms with Crippen molar-refractivity contribution in [3.05, 3.63) is 64.7 Å². The van der Waals surface area contributed by atoms with Crippen LogP contribution < -0.4 is 15.4 Å². The highest BCUT2D eigenvalue weighted by atomic mass is 16.5. The van der Waals surface area contributed by atoms with Gasteiger partial charge < -0.3 is 24.8 Å². The van der Waals surface area contributed by atoms with E-state index in [9.17, 15) is 14.4 Å². The summed E-state index contributed by atoms with van der Waals surface area (Å²) in [6.45, 7) is 3.79. The van der Waals surface area contributed by atoms with Crippen molar-refractivity contribution in [3.8, 4) is 17.6 Å². The summed E-state index contributed by atoms with van der Waals surface area (Å²) in [5.74, 6) is 6.12. The van der Waals surface area contributed by atoms with Crippen molar-refractivity contribution >= 4 is 23.7 Å². The lowest BCUT2D eigenvalue weighted by atomic mass is 9.99. The van der Waals surface area contributed by atoms with Crippen molar-refractivity contribution in [1.29, 1.82) is 5.41 Å². The quantitative estimate of drug-likeness (QED) is 0.245. The number of amidine groups is 1. The molecule has 0 spiro atoms. The van der Waals surface area contributed by atoms with E-state index in [2.05, 4.69) is 39.3 Å². The van der Waals surface area contributed by atoms with E-state index in [1.54, 1.807) is 24.3 Å².